The molecule has 0 saturated heterocycles. The van der Waals surface area contributed by atoms with E-state index >= 15 is 0 Å². The predicted octanol–water partition coefficient (Wildman–Crippen LogP) is -0.271. The number of hydrogen-bond acceptors (Lipinski definition) is 6. The highest BCUT2D eigenvalue weighted by Gasteiger charge is 2.07. The molecule has 20 heavy (non-hydrogen) atoms. The van der Waals surface area contributed by atoms with Gasteiger partial charge in [-0.15, -0.1) is 5.10 Å². The Morgan fingerprint density at radius 3 is 2.95 bits per heavy atom. The third kappa shape index (κ3) is 3.67. The number of nitrogens with zero attached hydrogens (tertiary/aromatic N) is 4. The van der Waals surface area contributed by atoms with E-state index in [1.165, 1.54) is 17.8 Å². The number of aromatic nitrogens is 5. The summed E-state index contributed by atoms with van der Waals surface area (Å²) < 4.78 is 1.56. The Balaban J connectivity index is 1.83. The molecule has 0 saturated carbocycles. The quantitative estimate of drug-likeness (QED) is 0.581. The van der Waals surface area contributed by atoms with Gasteiger partial charge in [0.05, 0.1) is 0 Å². The molecule has 0 aliphatic heterocycles. The van der Waals surface area contributed by atoms with E-state index in [2.05, 4.69) is 25.8 Å². The van der Waals surface area contributed by atoms with Gasteiger partial charge in [-0.25, -0.2) is 4.68 Å². The molecule has 1 amide bonds. The van der Waals surface area contributed by atoms with E-state index in [1.54, 1.807) is 24.7 Å². The summed E-state index contributed by atoms with van der Waals surface area (Å²) in [5.41, 5.74) is 0.730. The Labute approximate surface area is 119 Å². The molecule has 2 N–H and O–H groups in total. The minimum atomic E-state index is -0.283. The van der Waals surface area contributed by atoms with E-state index < -0.39 is 0 Å². The zero-order valence-electron chi connectivity index (χ0n) is 11.1. The molecule has 9 heteroatoms. The van der Waals surface area contributed by atoms with Gasteiger partial charge in [-0.05, 0) is 23.4 Å². The minimum absolute atomic E-state index is 0.268. The molecule has 0 aliphatic rings. The van der Waals surface area contributed by atoms with Crippen molar-refractivity contribution in [2.75, 3.05) is 12.3 Å². The zero-order chi connectivity index (χ0) is 14.5. The predicted molar refractivity (Wildman–Crippen MR) is 73.7 cm³/mol. The average Bonchev–Trinajstić information content (AvgIpc) is 2.79. The van der Waals surface area contributed by atoms with Crippen molar-refractivity contribution in [1.29, 1.82) is 0 Å². The number of nitrogens with one attached hydrogen (secondary N) is 2. The minimum Gasteiger partial charge on any atom is -0.351 e. The summed E-state index contributed by atoms with van der Waals surface area (Å²) in [6, 6.07) is 2.92. The Bertz CT molecular complexity index is 665. The Morgan fingerprint density at radius 2 is 2.30 bits per heavy atom. The monoisotopic (exact) mass is 294 g/mol. The number of carbonyl (C=O) groups excluding carboxylic acids is 1. The normalized spacial score (nSPS) is 10.5. The Kier molecular flexibility index (Phi) is 4.51. The van der Waals surface area contributed by atoms with Crippen LogP contribution >= 0.6 is 11.8 Å². The maximum atomic E-state index is 11.9. The number of pyridine rings is 1. The van der Waals surface area contributed by atoms with Crippen LogP contribution in [0.1, 0.15) is 16.1 Å². The maximum absolute atomic E-state index is 11.9. The zero-order valence-corrected chi connectivity index (χ0v) is 11.9. The molecular formula is C11H14N6O2S. The van der Waals surface area contributed by atoms with Crippen molar-refractivity contribution in [3.8, 4) is 0 Å². The van der Waals surface area contributed by atoms with Crippen LogP contribution in [-0.2, 0) is 7.05 Å². The van der Waals surface area contributed by atoms with E-state index in [1.807, 2.05) is 0 Å². The molecular weight excluding hydrogens is 280 g/mol. The molecule has 0 radical (unpaired) electrons. The van der Waals surface area contributed by atoms with Gasteiger partial charge in [0.2, 0.25) is 10.7 Å². The molecule has 0 aliphatic carbocycles. The Hall–Kier alpha value is -2.16. The molecule has 2 aromatic rings. The average molecular weight is 294 g/mol. The lowest BCUT2D eigenvalue weighted by Crippen LogP contribution is -2.27. The first kappa shape index (κ1) is 14.3. The number of hydrogen-bond donors (Lipinski definition) is 2. The van der Waals surface area contributed by atoms with Crippen LogP contribution in [0.25, 0.3) is 0 Å². The molecule has 0 unspecified atom stereocenters. The van der Waals surface area contributed by atoms with Crippen molar-refractivity contribution in [2.45, 2.75) is 12.1 Å². The van der Waals surface area contributed by atoms with E-state index in [4.69, 9.17) is 0 Å². The molecule has 2 rings (SSSR count). The third-order valence-electron chi connectivity index (χ3n) is 2.44. The summed E-state index contributed by atoms with van der Waals surface area (Å²) in [7, 11) is 1.75. The van der Waals surface area contributed by atoms with Gasteiger partial charge in [0.25, 0.3) is 5.91 Å². The smallest absolute Gasteiger partial charge is 0.251 e. The van der Waals surface area contributed by atoms with Crippen molar-refractivity contribution < 1.29 is 4.79 Å². The van der Waals surface area contributed by atoms with E-state index in [9.17, 15) is 9.59 Å². The first-order chi connectivity index (χ1) is 9.56. The number of H-pyrrole nitrogens is 1. The van der Waals surface area contributed by atoms with Crippen LogP contribution in [0.3, 0.4) is 0 Å². The van der Waals surface area contributed by atoms with Crippen LogP contribution in [-0.4, -0.2) is 43.4 Å². The molecule has 2 heterocycles. The summed E-state index contributed by atoms with van der Waals surface area (Å²) in [6.45, 7) is 2.19. The van der Waals surface area contributed by atoms with E-state index in [0.29, 0.717) is 28.7 Å². The molecule has 0 bridgehead atoms. The molecule has 106 valence electrons. The number of carbonyl (C=O) groups is 1. The second-order valence-electron chi connectivity index (χ2n) is 4.11. The number of tetrazole rings is 1. The topological polar surface area (TPSA) is 106 Å². The summed E-state index contributed by atoms with van der Waals surface area (Å²) in [5, 5.41) is 14.5. The van der Waals surface area contributed by atoms with Crippen molar-refractivity contribution in [1.82, 2.24) is 30.5 Å². The van der Waals surface area contributed by atoms with Crippen LogP contribution < -0.4 is 10.9 Å². The van der Waals surface area contributed by atoms with Crippen LogP contribution in [0.5, 0.6) is 0 Å². The van der Waals surface area contributed by atoms with Gasteiger partial charge in [-0.2, -0.15) is 0 Å². The van der Waals surface area contributed by atoms with E-state index in [-0.39, 0.29) is 11.5 Å². The summed E-state index contributed by atoms with van der Waals surface area (Å²) in [4.78, 5) is 25.7. The Morgan fingerprint density at radius 1 is 1.50 bits per heavy atom. The second kappa shape index (κ2) is 6.33. The lowest BCUT2D eigenvalue weighted by molar-refractivity contribution is 0.0956. The second-order valence-corrected chi connectivity index (χ2v) is 5.17. The standard InChI is InChI=1S/C11H14N6O2S/c1-7-5-8(6-9(18)13-7)10(19)12-3-4-20-11-14-15-16-17(11)2/h5-6H,3-4H2,1-2H3,(H,12,19)(H,13,18). The molecule has 2 aromatic heterocycles. The van der Waals surface area contributed by atoms with Crippen molar-refractivity contribution >= 4 is 17.7 Å². The lowest BCUT2D eigenvalue weighted by Gasteiger charge is -2.05. The first-order valence-electron chi connectivity index (χ1n) is 5.90. The van der Waals surface area contributed by atoms with Crippen LogP contribution in [0.15, 0.2) is 22.1 Å². The first-order valence-corrected chi connectivity index (χ1v) is 6.89. The third-order valence-corrected chi connectivity index (χ3v) is 3.45. The van der Waals surface area contributed by atoms with Gasteiger partial charge in [0.1, 0.15) is 0 Å². The van der Waals surface area contributed by atoms with Gasteiger partial charge < -0.3 is 10.3 Å². The van der Waals surface area contributed by atoms with Gasteiger partial charge in [-0.3, -0.25) is 9.59 Å². The molecule has 0 spiro atoms. The molecule has 0 fully saturated rings. The SMILES string of the molecule is Cc1cc(C(=O)NCCSc2nnnn2C)cc(=O)[nH]1. The fourth-order valence-corrected chi connectivity index (χ4v) is 2.27. The molecule has 8 nitrogen and oxygen atoms in total. The highest BCUT2D eigenvalue weighted by molar-refractivity contribution is 7.99. The lowest BCUT2D eigenvalue weighted by atomic mass is 10.2. The van der Waals surface area contributed by atoms with Crippen LogP contribution in [0, 0.1) is 6.92 Å². The summed E-state index contributed by atoms with van der Waals surface area (Å²) >= 11 is 1.44. The van der Waals surface area contributed by atoms with Gasteiger partial charge in [0.15, 0.2) is 0 Å². The maximum Gasteiger partial charge on any atom is 0.251 e. The molecule has 0 aromatic carbocycles. The fourth-order valence-electron chi connectivity index (χ4n) is 1.57. The number of rotatable bonds is 5. The summed E-state index contributed by atoms with van der Waals surface area (Å²) in [6.07, 6.45) is 0. The van der Waals surface area contributed by atoms with Crippen LogP contribution in [0.2, 0.25) is 0 Å². The number of thioether (sulfide) groups is 1. The largest absolute Gasteiger partial charge is 0.351 e. The summed E-state index contributed by atoms with van der Waals surface area (Å²) in [5.74, 6) is 0.373. The molecule has 0 atom stereocenters. The fraction of sp³-hybridized carbons (Fsp3) is 0.364. The van der Waals surface area contributed by atoms with Crippen molar-refractivity contribution in [3.05, 3.63) is 33.7 Å². The number of amides is 1. The highest BCUT2D eigenvalue weighted by atomic mass is 32.2. The number of aromatic amines is 1. The van der Waals surface area contributed by atoms with E-state index in [0.717, 1.165) is 0 Å². The number of aryl methyl sites for hydroxylation is 2. The highest BCUT2D eigenvalue weighted by Crippen LogP contribution is 2.10. The van der Waals surface area contributed by atoms with Gasteiger partial charge in [-0.1, -0.05) is 11.8 Å². The van der Waals surface area contributed by atoms with Gasteiger partial charge >= 0.3 is 0 Å². The van der Waals surface area contributed by atoms with Crippen molar-refractivity contribution in [2.24, 2.45) is 7.05 Å². The van der Waals surface area contributed by atoms with Crippen molar-refractivity contribution in [3.63, 3.8) is 0 Å². The van der Waals surface area contributed by atoms with Crippen LogP contribution in [0.4, 0.5) is 0 Å². The van der Waals surface area contributed by atoms with Gasteiger partial charge in [0, 0.05) is 36.7 Å².